The number of pyridine rings is 2. The molecule has 0 saturated carbocycles. The zero-order valence-corrected chi connectivity index (χ0v) is 19.6. The van der Waals surface area contributed by atoms with E-state index in [4.69, 9.17) is 4.42 Å². The van der Waals surface area contributed by atoms with Gasteiger partial charge in [-0.15, -0.1) is 0 Å². The van der Waals surface area contributed by atoms with E-state index in [1.807, 2.05) is 36.4 Å². The van der Waals surface area contributed by atoms with Crippen LogP contribution in [0.5, 0.6) is 0 Å². The first kappa shape index (κ1) is 20.1. The Kier molecular flexibility index (Phi) is 4.06. The summed E-state index contributed by atoms with van der Waals surface area (Å²) < 4.78 is 6.40. The van der Waals surface area contributed by atoms with Crippen molar-refractivity contribution < 1.29 is 9.21 Å². The van der Waals surface area contributed by atoms with Crippen LogP contribution in [0.1, 0.15) is 16.2 Å². The van der Waals surface area contributed by atoms with Crippen LogP contribution < -0.4 is 0 Å². The van der Waals surface area contributed by atoms with Gasteiger partial charge in [0.1, 0.15) is 22.6 Å². The topological polar surface area (TPSA) is 56.0 Å². The normalized spacial score (nSPS) is 11.9. The second-order valence-corrected chi connectivity index (χ2v) is 9.30. The van der Waals surface area contributed by atoms with Crippen LogP contribution in [0.2, 0.25) is 0 Å². The van der Waals surface area contributed by atoms with E-state index in [0.29, 0.717) is 11.4 Å². The number of carbonyl (C=O) groups excluding carboxylic acids is 1. The van der Waals surface area contributed by atoms with Gasteiger partial charge in [-0.25, -0.2) is 0 Å². The largest absolute Gasteiger partial charge is 0.456 e. The van der Waals surface area contributed by atoms with Gasteiger partial charge < -0.3 is 4.42 Å². The standard InChI is InChI=1S/C33H18N2O2/c36-33(25-14-3-4-16-34-25)32-23(13-7-17-35-32)31-29-22-12-6-9-19-8-5-11-20(28(19)22)24(29)18-27-30(31)21-10-1-2-15-26(21)37-27/h1-18H. The molecule has 0 atom stereocenters. The number of furan rings is 1. The molecule has 0 spiro atoms. The molecule has 3 heterocycles. The van der Waals surface area contributed by atoms with Crippen LogP contribution >= 0.6 is 0 Å². The van der Waals surface area contributed by atoms with Crippen LogP contribution in [0.4, 0.5) is 0 Å². The monoisotopic (exact) mass is 474 g/mol. The Labute approximate surface area is 211 Å². The lowest BCUT2D eigenvalue weighted by Gasteiger charge is -2.15. The molecule has 0 radical (unpaired) electrons. The third-order valence-corrected chi connectivity index (χ3v) is 7.32. The molecule has 0 aliphatic heterocycles. The lowest BCUT2D eigenvalue weighted by atomic mass is 9.87. The maximum Gasteiger partial charge on any atom is 0.230 e. The predicted molar refractivity (Wildman–Crippen MR) is 147 cm³/mol. The molecule has 8 rings (SSSR count). The van der Waals surface area contributed by atoms with Gasteiger partial charge in [-0.05, 0) is 63.4 Å². The van der Waals surface area contributed by atoms with Gasteiger partial charge in [0.05, 0.1) is 0 Å². The second-order valence-electron chi connectivity index (χ2n) is 9.30. The molecular formula is C33H18N2O2. The molecule has 172 valence electrons. The van der Waals surface area contributed by atoms with Gasteiger partial charge in [-0.2, -0.15) is 0 Å². The van der Waals surface area contributed by atoms with Crippen molar-refractivity contribution in [2.45, 2.75) is 0 Å². The molecule has 4 nitrogen and oxygen atoms in total. The van der Waals surface area contributed by atoms with E-state index in [1.54, 1.807) is 24.5 Å². The van der Waals surface area contributed by atoms with Crippen molar-refractivity contribution in [3.8, 4) is 33.4 Å². The van der Waals surface area contributed by atoms with E-state index >= 15 is 0 Å². The van der Waals surface area contributed by atoms with E-state index in [2.05, 4.69) is 58.5 Å². The zero-order chi connectivity index (χ0) is 24.5. The highest BCUT2D eigenvalue weighted by molar-refractivity contribution is 6.27. The maximum absolute atomic E-state index is 13.7. The van der Waals surface area contributed by atoms with Crippen molar-refractivity contribution in [2.24, 2.45) is 0 Å². The van der Waals surface area contributed by atoms with Gasteiger partial charge in [0.15, 0.2) is 0 Å². The Hall–Kier alpha value is -5.09. The van der Waals surface area contributed by atoms with E-state index in [1.165, 1.54) is 16.3 Å². The lowest BCUT2D eigenvalue weighted by Crippen LogP contribution is -2.08. The van der Waals surface area contributed by atoms with Crippen LogP contribution in [-0.4, -0.2) is 15.8 Å². The minimum absolute atomic E-state index is 0.205. The third kappa shape index (κ3) is 2.75. The van der Waals surface area contributed by atoms with Crippen LogP contribution in [0, 0.1) is 0 Å². The molecule has 0 saturated heterocycles. The quantitative estimate of drug-likeness (QED) is 0.243. The van der Waals surface area contributed by atoms with Crippen molar-refractivity contribution in [2.75, 3.05) is 0 Å². The Balaban J connectivity index is 1.55. The van der Waals surface area contributed by atoms with Gasteiger partial charge in [-0.1, -0.05) is 66.7 Å². The average Bonchev–Trinajstić information content (AvgIpc) is 3.49. The SMILES string of the molecule is O=C(c1ccccn1)c1ncccc1-c1c2c(cc3oc4ccccc4c13)-c1cccc3cccc-2c13. The van der Waals surface area contributed by atoms with Crippen molar-refractivity contribution >= 4 is 38.5 Å². The summed E-state index contributed by atoms with van der Waals surface area (Å²) >= 11 is 0. The fraction of sp³-hybridized carbons (Fsp3) is 0. The number of rotatable bonds is 3. The summed E-state index contributed by atoms with van der Waals surface area (Å²) in [5.74, 6) is -0.205. The molecule has 0 unspecified atom stereocenters. The highest BCUT2D eigenvalue weighted by Crippen LogP contribution is 2.55. The van der Waals surface area contributed by atoms with E-state index < -0.39 is 0 Å². The highest BCUT2D eigenvalue weighted by Gasteiger charge is 2.30. The first-order valence-electron chi connectivity index (χ1n) is 12.2. The number of carbonyl (C=O) groups is 1. The van der Waals surface area contributed by atoms with Crippen molar-refractivity contribution in [1.82, 2.24) is 9.97 Å². The number of ketones is 1. The molecule has 4 heteroatoms. The first-order chi connectivity index (χ1) is 18.3. The van der Waals surface area contributed by atoms with Crippen molar-refractivity contribution in [3.63, 3.8) is 0 Å². The summed E-state index contributed by atoms with van der Waals surface area (Å²) in [4.78, 5) is 22.7. The third-order valence-electron chi connectivity index (χ3n) is 7.32. The minimum Gasteiger partial charge on any atom is -0.456 e. The molecule has 4 aromatic carbocycles. The fourth-order valence-corrected chi connectivity index (χ4v) is 5.83. The average molecular weight is 475 g/mol. The van der Waals surface area contributed by atoms with Gasteiger partial charge >= 0.3 is 0 Å². The Morgan fingerprint density at radius 3 is 2.24 bits per heavy atom. The van der Waals surface area contributed by atoms with Gasteiger partial charge in [0, 0.05) is 34.3 Å². The van der Waals surface area contributed by atoms with Crippen LogP contribution in [0.3, 0.4) is 0 Å². The molecule has 1 aliphatic rings. The number of fused-ring (bicyclic) bond motifs is 6. The molecule has 0 fully saturated rings. The fourth-order valence-electron chi connectivity index (χ4n) is 5.83. The summed E-state index contributed by atoms with van der Waals surface area (Å²) in [6.45, 7) is 0. The van der Waals surface area contributed by atoms with E-state index in [9.17, 15) is 4.79 Å². The first-order valence-corrected chi connectivity index (χ1v) is 12.2. The van der Waals surface area contributed by atoms with Crippen LogP contribution in [0.25, 0.3) is 66.1 Å². The number of benzene rings is 4. The summed E-state index contributed by atoms with van der Waals surface area (Å²) in [5, 5.41) is 4.41. The Bertz CT molecular complexity index is 2050. The molecule has 0 N–H and O–H groups in total. The van der Waals surface area contributed by atoms with Crippen LogP contribution in [-0.2, 0) is 0 Å². The van der Waals surface area contributed by atoms with Gasteiger partial charge in [-0.3, -0.25) is 14.8 Å². The molecule has 3 aromatic heterocycles. The molecule has 37 heavy (non-hydrogen) atoms. The number of para-hydroxylation sites is 1. The van der Waals surface area contributed by atoms with E-state index in [-0.39, 0.29) is 5.78 Å². The zero-order valence-electron chi connectivity index (χ0n) is 19.6. The Morgan fingerprint density at radius 2 is 1.38 bits per heavy atom. The molecule has 7 aromatic rings. The number of hydrogen-bond acceptors (Lipinski definition) is 4. The highest BCUT2D eigenvalue weighted by atomic mass is 16.3. The minimum atomic E-state index is -0.205. The number of nitrogens with zero attached hydrogens (tertiary/aromatic N) is 2. The number of hydrogen-bond donors (Lipinski definition) is 0. The van der Waals surface area contributed by atoms with E-state index in [0.717, 1.165) is 49.8 Å². The van der Waals surface area contributed by atoms with Gasteiger partial charge in [0.25, 0.3) is 0 Å². The number of aromatic nitrogens is 2. The summed E-state index contributed by atoms with van der Waals surface area (Å²) in [7, 11) is 0. The second kappa shape index (κ2) is 7.45. The maximum atomic E-state index is 13.7. The summed E-state index contributed by atoms with van der Waals surface area (Å²) in [5.41, 5.74) is 8.64. The predicted octanol–water partition coefficient (Wildman–Crippen LogP) is 8.07. The molecule has 1 aliphatic carbocycles. The summed E-state index contributed by atoms with van der Waals surface area (Å²) in [6, 6.07) is 32.3. The smallest absolute Gasteiger partial charge is 0.230 e. The van der Waals surface area contributed by atoms with Crippen molar-refractivity contribution in [3.05, 3.63) is 121 Å². The van der Waals surface area contributed by atoms with Crippen molar-refractivity contribution in [1.29, 1.82) is 0 Å². The molecule has 0 bridgehead atoms. The lowest BCUT2D eigenvalue weighted by molar-refractivity contribution is 0.103. The molecular weight excluding hydrogens is 456 g/mol. The van der Waals surface area contributed by atoms with Gasteiger partial charge in [0.2, 0.25) is 5.78 Å². The Morgan fingerprint density at radius 1 is 0.595 bits per heavy atom. The van der Waals surface area contributed by atoms with Crippen LogP contribution in [0.15, 0.2) is 114 Å². The summed E-state index contributed by atoms with van der Waals surface area (Å²) in [6.07, 6.45) is 3.30. The molecule has 0 amide bonds.